The van der Waals surface area contributed by atoms with Gasteiger partial charge < -0.3 is 20.9 Å². The lowest BCUT2D eigenvalue weighted by atomic mass is 10.1. The second-order valence-corrected chi connectivity index (χ2v) is 7.46. The zero-order chi connectivity index (χ0) is 24.0. The van der Waals surface area contributed by atoms with E-state index >= 15 is 0 Å². The van der Waals surface area contributed by atoms with Crippen LogP contribution in [0.15, 0.2) is 36.4 Å². The minimum absolute atomic E-state index is 0.403. The van der Waals surface area contributed by atoms with E-state index in [1.165, 1.54) is 0 Å². The Hall–Kier alpha value is -4.08. The predicted molar refractivity (Wildman–Crippen MR) is 118 cm³/mol. The number of carbonyl (C=O) groups is 4. The summed E-state index contributed by atoms with van der Waals surface area (Å²) in [6, 6.07) is 10.5. The Labute approximate surface area is 185 Å². The third-order valence-electron chi connectivity index (χ3n) is 4.24. The second kappa shape index (κ2) is 10.3. The van der Waals surface area contributed by atoms with Crippen molar-refractivity contribution in [2.75, 3.05) is 10.6 Å². The average molecular weight is 442 g/mol. The number of hydrogen-bond acceptors (Lipinski definition) is 6. The molecule has 10 heteroatoms. The van der Waals surface area contributed by atoms with Gasteiger partial charge in [0.2, 0.25) is 12.2 Å². The quantitative estimate of drug-likeness (QED) is 0.514. The van der Waals surface area contributed by atoms with E-state index in [2.05, 4.69) is 10.6 Å². The standard InChI is InChI=1S/C22H26N4O6/c1-11-5-12(2)8-15(7-11)25-21(29)31-17(19(23)27)18(20(24)28)32-22(30)26-16-9-13(3)6-14(4)10-16/h5-10,17-18H,1-4H3,(H2,23,27)(H2,24,28)(H,25,29)(H,26,30). The van der Waals surface area contributed by atoms with Crippen molar-refractivity contribution in [2.45, 2.75) is 39.9 Å². The molecule has 2 unspecified atom stereocenters. The fraction of sp³-hybridized carbons (Fsp3) is 0.273. The number of amides is 4. The maximum absolute atomic E-state index is 12.3. The van der Waals surface area contributed by atoms with Crippen molar-refractivity contribution in [1.82, 2.24) is 0 Å². The summed E-state index contributed by atoms with van der Waals surface area (Å²) in [6.45, 7) is 7.34. The molecule has 0 aliphatic heterocycles. The molecule has 0 spiro atoms. The molecule has 0 saturated heterocycles. The monoisotopic (exact) mass is 442 g/mol. The first-order chi connectivity index (χ1) is 14.9. The SMILES string of the molecule is Cc1cc(C)cc(NC(=O)OC(C(N)=O)C(OC(=O)Nc2cc(C)cc(C)c2)C(N)=O)c1. The smallest absolute Gasteiger partial charge is 0.412 e. The number of anilines is 2. The Balaban J connectivity index is 2.12. The first kappa shape index (κ1) is 24.2. The summed E-state index contributed by atoms with van der Waals surface area (Å²) in [4.78, 5) is 48.3. The molecule has 0 aromatic heterocycles. The summed E-state index contributed by atoms with van der Waals surface area (Å²) in [7, 11) is 0. The van der Waals surface area contributed by atoms with Crippen LogP contribution in [0, 0.1) is 27.7 Å². The van der Waals surface area contributed by atoms with Gasteiger partial charge in [0.05, 0.1) is 0 Å². The molecule has 2 aromatic carbocycles. The fourth-order valence-corrected chi connectivity index (χ4v) is 3.16. The molecule has 10 nitrogen and oxygen atoms in total. The van der Waals surface area contributed by atoms with E-state index in [1.807, 2.05) is 39.8 Å². The van der Waals surface area contributed by atoms with Crippen LogP contribution in [-0.4, -0.2) is 36.2 Å². The molecule has 0 aliphatic rings. The van der Waals surface area contributed by atoms with Crippen LogP contribution in [0.3, 0.4) is 0 Å². The van der Waals surface area contributed by atoms with Crippen LogP contribution in [0.25, 0.3) is 0 Å². The highest BCUT2D eigenvalue weighted by molar-refractivity contribution is 5.95. The highest BCUT2D eigenvalue weighted by Crippen LogP contribution is 2.17. The molecule has 2 atom stereocenters. The van der Waals surface area contributed by atoms with Gasteiger partial charge in [0.25, 0.3) is 11.8 Å². The van der Waals surface area contributed by atoms with Crippen LogP contribution in [0.2, 0.25) is 0 Å². The number of primary amides is 2. The van der Waals surface area contributed by atoms with Gasteiger partial charge in [-0.15, -0.1) is 0 Å². The molecular weight excluding hydrogens is 416 g/mol. The number of ether oxygens (including phenoxy) is 2. The van der Waals surface area contributed by atoms with Crippen molar-refractivity contribution >= 4 is 35.4 Å². The molecule has 0 aliphatic carbocycles. The average Bonchev–Trinajstić information content (AvgIpc) is 2.62. The minimum atomic E-state index is -1.94. The van der Waals surface area contributed by atoms with E-state index in [0.717, 1.165) is 22.3 Å². The van der Waals surface area contributed by atoms with E-state index in [1.54, 1.807) is 24.3 Å². The van der Waals surface area contributed by atoms with Crippen molar-refractivity contribution < 1.29 is 28.7 Å². The zero-order valence-corrected chi connectivity index (χ0v) is 18.2. The highest BCUT2D eigenvalue weighted by Gasteiger charge is 2.38. The van der Waals surface area contributed by atoms with Gasteiger partial charge in [-0.1, -0.05) is 12.1 Å². The Morgan fingerprint density at radius 2 is 0.906 bits per heavy atom. The van der Waals surface area contributed by atoms with Crippen molar-refractivity contribution in [3.63, 3.8) is 0 Å². The second-order valence-electron chi connectivity index (χ2n) is 7.46. The molecule has 4 amide bonds. The molecule has 0 heterocycles. The third kappa shape index (κ3) is 7.01. The first-order valence-electron chi connectivity index (χ1n) is 9.65. The summed E-state index contributed by atoms with van der Waals surface area (Å²) in [5.41, 5.74) is 14.9. The summed E-state index contributed by atoms with van der Waals surface area (Å²) < 4.78 is 9.96. The Bertz CT molecular complexity index is 929. The van der Waals surface area contributed by atoms with Gasteiger partial charge in [-0.2, -0.15) is 0 Å². The van der Waals surface area contributed by atoms with Crippen LogP contribution in [-0.2, 0) is 19.1 Å². The number of aryl methyl sites for hydroxylation is 4. The predicted octanol–water partition coefficient (Wildman–Crippen LogP) is 2.43. The summed E-state index contributed by atoms with van der Waals surface area (Å²) in [5.74, 6) is -2.44. The van der Waals surface area contributed by atoms with Gasteiger partial charge in [0.1, 0.15) is 0 Å². The molecule has 2 rings (SSSR count). The number of hydrogen-bond donors (Lipinski definition) is 4. The first-order valence-corrected chi connectivity index (χ1v) is 9.65. The molecule has 0 radical (unpaired) electrons. The van der Waals surface area contributed by atoms with Crippen molar-refractivity contribution in [2.24, 2.45) is 11.5 Å². The van der Waals surface area contributed by atoms with Gasteiger partial charge in [0, 0.05) is 11.4 Å². The zero-order valence-electron chi connectivity index (χ0n) is 18.2. The maximum Gasteiger partial charge on any atom is 0.412 e. The lowest BCUT2D eigenvalue weighted by Crippen LogP contribution is -2.51. The summed E-state index contributed by atoms with van der Waals surface area (Å²) in [6.07, 6.45) is -6.04. The Kier molecular flexibility index (Phi) is 7.78. The molecule has 32 heavy (non-hydrogen) atoms. The molecular formula is C22H26N4O6. The van der Waals surface area contributed by atoms with E-state index in [4.69, 9.17) is 20.9 Å². The number of benzene rings is 2. The molecule has 0 bridgehead atoms. The van der Waals surface area contributed by atoms with E-state index in [9.17, 15) is 19.2 Å². The molecule has 170 valence electrons. The topological polar surface area (TPSA) is 163 Å². The molecule has 6 N–H and O–H groups in total. The van der Waals surface area contributed by atoms with Crippen LogP contribution in [0.5, 0.6) is 0 Å². The van der Waals surface area contributed by atoms with Gasteiger partial charge >= 0.3 is 12.2 Å². The molecule has 2 aromatic rings. The Morgan fingerprint density at radius 1 is 0.625 bits per heavy atom. The minimum Gasteiger partial charge on any atom is -0.431 e. The number of rotatable bonds is 7. The van der Waals surface area contributed by atoms with Crippen LogP contribution >= 0.6 is 0 Å². The van der Waals surface area contributed by atoms with Crippen LogP contribution in [0.4, 0.5) is 21.0 Å². The van der Waals surface area contributed by atoms with Crippen LogP contribution in [0.1, 0.15) is 22.3 Å². The van der Waals surface area contributed by atoms with Crippen LogP contribution < -0.4 is 22.1 Å². The van der Waals surface area contributed by atoms with Gasteiger partial charge in [-0.05, 0) is 74.2 Å². The van der Waals surface area contributed by atoms with Gasteiger partial charge in [-0.3, -0.25) is 20.2 Å². The largest absolute Gasteiger partial charge is 0.431 e. The van der Waals surface area contributed by atoms with Crippen molar-refractivity contribution in [1.29, 1.82) is 0 Å². The normalized spacial score (nSPS) is 12.2. The van der Waals surface area contributed by atoms with Crippen molar-refractivity contribution in [3.05, 3.63) is 58.7 Å². The fourth-order valence-electron chi connectivity index (χ4n) is 3.16. The highest BCUT2D eigenvalue weighted by atomic mass is 16.6. The van der Waals surface area contributed by atoms with E-state index < -0.39 is 36.2 Å². The third-order valence-corrected chi connectivity index (χ3v) is 4.24. The lowest BCUT2D eigenvalue weighted by Gasteiger charge is -2.22. The van der Waals surface area contributed by atoms with Crippen molar-refractivity contribution in [3.8, 4) is 0 Å². The number of nitrogens with one attached hydrogen (secondary N) is 2. The van der Waals surface area contributed by atoms with E-state index in [0.29, 0.717) is 11.4 Å². The molecule has 0 saturated carbocycles. The Morgan fingerprint density at radius 3 is 1.16 bits per heavy atom. The lowest BCUT2D eigenvalue weighted by molar-refractivity contribution is -0.142. The molecule has 0 fully saturated rings. The maximum atomic E-state index is 12.3. The van der Waals surface area contributed by atoms with Gasteiger partial charge in [-0.25, -0.2) is 9.59 Å². The summed E-state index contributed by atoms with van der Waals surface area (Å²) in [5, 5.41) is 4.86. The van der Waals surface area contributed by atoms with Gasteiger partial charge in [0.15, 0.2) is 0 Å². The summed E-state index contributed by atoms with van der Waals surface area (Å²) >= 11 is 0. The number of carbonyl (C=O) groups excluding carboxylic acids is 4. The van der Waals surface area contributed by atoms with E-state index in [-0.39, 0.29) is 0 Å². The number of nitrogens with two attached hydrogens (primary N) is 2.